The molecule has 0 bridgehead atoms. The third-order valence-corrected chi connectivity index (χ3v) is 2.70. The molecule has 0 heterocycles. The van der Waals surface area contributed by atoms with Crippen LogP contribution in [0.5, 0.6) is 0 Å². The van der Waals surface area contributed by atoms with Gasteiger partial charge in [0, 0.05) is 30.3 Å². The first-order chi connectivity index (χ1) is 9.88. The third-order valence-electron chi connectivity index (χ3n) is 2.70. The fourth-order valence-electron chi connectivity index (χ4n) is 1.81. The van der Waals surface area contributed by atoms with Gasteiger partial charge in [-0.15, -0.1) is 0 Å². The van der Waals surface area contributed by atoms with E-state index in [0.29, 0.717) is 17.8 Å². The minimum Gasteiger partial charge on any atom is -0.326 e. The molecule has 0 spiro atoms. The van der Waals surface area contributed by atoms with Crippen LogP contribution >= 0.6 is 0 Å². The molecule has 3 nitrogen and oxygen atoms in total. The first-order valence-electron chi connectivity index (χ1n) is 5.95. The second-order valence-corrected chi connectivity index (χ2v) is 4.33. The number of amides is 1. The van der Waals surface area contributed by atoms with Crippen LogP contribution in [0.15, 0.2) is 36.4 Å². The minimum absolute atomic E-state index is 0.0218. The Hall–Kier alpha value is -2.63. The standard InChI is InChI=1S/C15H10F3NO2/c1-8(20)19-11-4-2-9(3-5-11)15(21)14-12(17)6-10(16)7-13(14)18/h2-7H,1H3,(H,19,20). The summed E-state index contributed by atoms with van der Waals surface area (Å²) in [5, 5.41) is 2.49. The maximum Gasteiger partial charge on any atom is 0.221 e. The van der Waals surface area contributed by atoms with E-state index in [1.807, 2.05) is 0 Å². The maximum atomic E-state index is 13.5. The van der Waals surface area contributed by atoms with Gasteiger partial charge in [-0.3, -0.25) is 9.59 Å². The molecular weight excluding hydrogens is 283 g/mol. The molecule has 0 aromatic heterocycles. The summed E-state index contributed by atoms with van der Waals surface area (Å²) in [5.74, 6) is -4.81. The summed E-state index contributed by atoms with van der Waals surface area (Å²) in [4.78, 5) is 22.9. The molecule has 1 amide bonds. The maximum absolute atomic E-state index is 13.5. The van der Waals surface area contributed by atoms with Crippen LogP contribution in [0.2, 0.25) is 0 Å². The molecule has 2 aromatic carbocycles. The summed E-state index contributed by atoms with van der Waals surface area (Å²) in [6, 6.07) is 6.37. The fraction of sp³-hybridized carbons (Fsp3) is 0.0667. The Labute approximate surface area is 118 Å². The molecule has 0 radical (unpaired) electrons. The average Bonchev–Trinajstić information content (AvgIpc) is 2.37. The van der Waals surface area contributed by atoms with Crippen LogP contribution in [0.1, 0.15) is 22.8 Å². The van der Waals surface area contributed by atoms with E-state index in [0.717, 1.165) is 0 Å². The van der Waals surface area contributed by atoms with E-state index in [9.17, 15) is 22.8 Å². The summed E-state index contributed by atoms with van der Waals surface area (Å²) in [7, 11) is 0. The second-order valence-electron chi connectivity index (χ2n) is 4.33. The van der Waals surface area contributed by atoms with E-state index in [2.05, 4.69) is 5.32 Å². The average molecular weight is 293 g/mol. The molecule has 0 saturated heterocycles. The number of hydrogen-bond acceptors (Lipinski definition) is 2. The van der Waals surface area contributed by atoms with Gasteiger partial charge in [0.25, 0.3) is 0 Å². The van der Waals surface area contributed by atoms with Gasteiger partial charge < -0.3 is 5.32 Å². The highest BCUT2D eigenvalue weighted by Crippen LogP contribution is 2.20. The van der Waals surface area contributed by atoms with E-state index in [1.54, 1.807) is 0 Å². The number of benzene rings is 2. The third kappa shape index (κ3) is 3.28. The van der Waals surface area contributed by atoms with Crippen LogP contribution in [-0.2, 0) is 4.79 Å². The Morgan fingerprint density at radius 2 is 1.48 bits per heavy atom. The first kappa shape index (κ1) is 14.8. The number of halogens is 3. The summed E-state index contributed by atoms with van der Waals surface area (Å²) in [5.41, 5.74) is -0.351. The Bertz CT molecular complexity index is 688. The van der Waals surface area contributed by atoms with Gasteiger partial charge in [0.05, 0.1) is 5.56 Å². The van der Waals surface area contributed by atoms with Crippen molar-refractivity contribution in [2.24, 2.45) is 0 Å². The van der Waals surface area contributed by atoms with Crippen LogP contribution in [0, 0.1) is 17.5 Å². The molecule has 0 fully saturated rings. The highest BCUT2D eigenvalue weighted by atomic mass is 19.1. The van der Waals surface area contributed by atoms with Crippen molar-refractivity contribution >= 4 is 17.4 Å². The predicted octanol–water partition coefficient (Wildman–Crippen LogP) is 3.29. The van der Waals surface area contributed by atoms with Gasteiger partial charge in [-0.1, -0.05) is 0 Å². The van der Waals surface area contributed by atoms with Crippen LogP contribution in [0.3, 0.4) is 0 Å². The van der Waals surface area contributed by atoms with Crippen LogP contribution in [0.25, 0.3) is 0 Å². The molecule has 0 aliphatic rings. The molecule has 0 atom stereocenters. The number of nitrogens with one attached hydrogen (secondary N) is 1. The van der Waals surface area contributed by atoms with Crippen LogP contribution < -0.4 is 5.32 Å². The monoisotopic (exact) mass is 293 g/mol. The molecule has 0 unspecified atom stereocenters. The number of hydrogen-bond donors (Lipinski definition) is 1. The van der Waals surface area contributed by atoms with Crippen LogP contribution in [-0.4, -0.2) is 11.7 Å². The lowest BCUT2D eigenvalue weighted by molar-refractivity contribution is -0.114. The van der Waals surface area contributed by atoms with Crippen molar-refractivity contribution in [3.63, 3.8) is 0 Å². The molecule has 6 heteroatoms. The van der Waals surface area contributed by atoms with Gasteiger partial charge >= 0.3 is 0 Å². The Morgan fingerprint density at radius 1 is 0.952 bits per heavy atom. The van der Waals surface area contributed by atoms with Crippen molar-refractivity contribution in [1.82, 2.24) is 0 Å². The zero-order valence-electron chi connectivity index (χ0n) is 10.9. The van der Waals surface area contributed by atoms with Crippen molar-refractivity contribution < 1.29 is 22.8 Å². The van der Waals surface area contributed by atoms with Crippen molar-refractivity contribution in [3.8, 4) is 0 Å². The van der Waals surface area contributed by atoms with E-state index in [1.165, 1.54) is 31.2 Å². The van der Waals surface area contributed by atoms with Crippen molar-refractivity contribution in [2.45, 2.75) is 6.92 Å². The highest BCUT2D eigenvalue weighted by Gasteiger charge is 2.20. The summed E-state index contributed by atoms with van der Waals surface area (Å²) in [6.45, 7) is 1.32. The predicted molar refractivity (Wildman–Crippen MR) is 70.5 cm³/mol. The lowest BCUT2D eigenvalue weighted by Crippen LogP contribution is -2.09. The van der Waals surface area contributed by atoms with Gasteiger partial charge in [-0.2, -0.15) is 0 Å². The van der Waals surface area contributed by atoms with Crippen molar-refractivity contribution in [2.75, 3.05) is 5.32 Å². The molecule has 0 aliphatic carbocycles. The number of carbonyl (C=O) groups excluding carboxylic acids is 2. The zero-order valence-corrected chi connectivity index (χ0v) is 10.9. The largest absolute Gasteiger partial charge is 0.326 e. The molecule has 108 valence electrons. The Morgan fingerprint density at radius 3 is 1.95 bits per heavy atom. The van der Waals surface area contributed by atoms with E-state index in [-0.39, 0.29) is 11.5 Å². The zero-order chi connectivity index (χ0) is 15.6. The molecule has 2 rings (SSSR count). The topological polar surface area (TPSA) is 46.2 Å². The van der Waals surface area contributed by atoms with Gasteiger partial charge in [0.1, 0.15) is 17.5 Å². The highest BCUT2D eigenvalue weighted by molar-refractivity contribution is 6.09. The SMILES string of the molecule is CC(=O)Nc1ccc(C(=O)c2c(F)cc(F)cc2F)cc1. The first-order valence-corrected chi connectivity index (χ1v) is 5.95. The van der Waals surface area contributed by atoms with Crippen molar-refractivity contribution in [3.05, 3.63) is 65.0 Å². The Kier molecular flexibility index (Phi) is 4.07. The van der Waals surface area contributed by atoms with Gasteiger partial charge in [0.15, 0.2) is 5.78 Å². The van der Waals surface area contributed by atoms with Gasteiger partial charge in [-0.25, -0.2) is 13.2 Å². The number of carbonyl (C=O) groups is 2. The van der Waals surface area contributed by atoms with Gasteiger partial charge in [-0.05, 0) is 24.3 Å². The van der Waals surface area contributed by atoms with Crippen molar-refractivity contribution in [1.29, 1.82) is 0 Å². The summed E-state index contributed by atoms with van der Waals surface area (Å²) in [6.07, 6.45) is 0. The quantitative estimate of drug-likeness (QED) is 0.883. The minimum atomic E-state index is -1.26. The molecular formula is C15H10F3NO2. The molecule has 2 aromatic rings. The van der Waals surface area contributed by atoms with E-state index < -0.39 is 28.8 Å². The van der Waals surface area contributed by atoms with E-state index >= 15 is 0 Å². The normalized spacial score (nSPS) is 10.3. The lowest BCUT2D eigenvalue weighted by atomic mass is 10.0. The second kappa shape index (κ2) is 5.78. The number of anilines is 1. The summed E-state index contributed by atoms with van der Waals surface area (Å²) >= 11 is 0. The van der Waals surface area contributed by atoms with Crippen LogP contribution in [0.4, 0.5) is 18.9 Å². The van der Waals surface area contributed by atoms with E-state index in [4.69, 9.17) is 0 Å². The fourth-order valence-corrected chi connectivity index (χ4v) is 1.81. The molecule has 0 aliphatic heterocycles. The molecule has 1 N–H and O–H groups in total. The number of rotatable bonds is 3. The summed E-state index contributed by atoms with van der Waals surface area (Å²) < 4.78 is 39.9. The lowest BCUT2D eigenvalue weighted by Gasteiger charge is -2.06. The Balaban J connectivity index is 2.34. The number of ketones is 1. The molecule has 21 heavy (non-hydrogen) atoms. The smallest absolute Gasteiger partial charge is 0.221 e. The van der Waals surface area contributed by atoms with Gasteiger partial charge in [0.2, 0.25) is 5.91 Å². The molecule has 0 saturated carbocycles.